The molecule has 0 aliphatic heterocycles. The average molecular weight is 401 g/mol. The van der Waals surface area contributed by atoms with Gasteiger partial charge in [0, 0.05) is 29.6 Å². The minimum absolute atomic E-state index is 0. The molecule has 0 aromatic heterocycles. The van der Waals surface area contributed by atoms with E-state index >= 15 is 0 Å². The quantitative estimate of drug-likeness (QED) is 0.470. The number of methoxy groups -OCH3 is 2. The summed E-state index contributed by atoms with van der Waals surface area (Å²) in [4.78, 5) is 22.2. The molecule has 0 bridgehead atoms. The largest absolute Gasteiger partial charge is 0.465 e. The molecule has 22 heavy (non-hydrogen) atoms. The van der Waals surface area contributed by atoms with Crippen LogP contribution in [0.15, 0.2) is 4.90 Å². The summed E-state index contributed by atoms with van der Waals surface area (Å²) in [7, 11) is -2.99. The SMILES string of the molecule is COC(=O)c1c(Cl)c(C(=O)OC)c(Cl)c(S(=O)(=O)O)c1Cl.[Na]. The van der Waals surface area contributed by atoms with Crippen molar-refractivity contribution >= 4 is 86.4 Å². The summed E-state index contributed by atoms with van der Waals surface area (Å²) < 4.78 is 40.6. The van der Waals surface area contributed by atoms with Crippen molar-refractivity contribution in [2.24, 2.45) is 0 Å². The van der Waals surface area contributed by atoms with Crippen LogP contribution in [0.4, 0.5) is 0 Å². The van der Waals surface area contributed by atoms with Crippen LogP contribution in [0.25, 0.3) is 0 Å². The first-order chi connectivity index (χ1) is 9.57. The molecule has 1 radical (unpaired) electrons. The summed E-state index contributed by atoms with van der Waals surface area (Å²) in [6, 6.07) is 0. The number of rotatable bonds is 3. The molecule has 0 unspecified atom stereocenters. The van der Waals surface area contributed by atoms with E-state index in [0.29, 0.717) is 0 Å². The second-order valence-electron chi connectivity index (χ2n) is 3.48. The molecule has 0 heterocycles. The van der Waals surface area contributed by atoms with Gasteiger partial charge in [0.1, 0.15) is 4.90 Å². The van der Waals surface area contributed by atoms with Gasteiger partial charge in [0.25, 0.3) is 10.1 Å². The third-order valence-corrected chi connectivity index (χ3v) is 4.60. The van der Waals surface area contributed by atoms with Crippen LogP contribution in [0.1, 0.15) is 20.7 Å². The molecular weight excluding hydrogens is 394 g/mol. The van der Waals surface area contributed by atoms with Gasteiger partial charge in [-0.1, -0.05) is 34.8 Å². The van der Waals surface area contributed by atoms with Crippen LogP contribution in [-0.2, 0) is 19.6 Å². The first-order valence-electron chi connectivity index (χ1n) is 4.92. The molecule has 0 aliphatic rings. The topological polar surface area (TPSA) is 107 Å². The van der Waals surface area contributed by atoms with Crippen molar-refractivity contribution in [3.8, 4) is 0 Å². The molecule has 1 aromatic rings. The molecule has 1 aromatic carbocycles. The summed E-state index contributed by atoms with van der Waals surface area (Å²) in [6.45, 7) is 0. The Bertz CT molecular complexity index is 690. The molecule has 0 saturated carbocycles. The molecular formula is C10H7Cl3NaO7S. The fraction of sp³-hybridized carbons (Fsp3) is 0.200. The van der Waals surface area contributed by atoms with Gasteiger partial charge in [-0.25, -0.2) is 9.59 Å². The Labute approximate surface area is 162 Å². The van der Waals surface area contributed by atoms with Crippen LogP contribution in [-0.4, -0.2) is 68.7 Å². The van der Waals surface area contributed by atoms with Gasteiger partial charge in [-0.15, -0.1) is 0 Å². The van der Waals surface area contributed by atoms with Crippen molar-refractivity contribution in [1.82, 2.24) is 0 Å². The molecule has 0 fully saturated rings. The van der Waals surface area contributed by atoms with Crippen molar-refractivity contribution in [2.75, 3.05) is 14.2 Å². The maximum atomic E-state index is 11.6. The fourth-order valence-corrected chi connectivity index (χ4v) is 3.69. The molecule has 0 spiro atoms. The smallest absolute Gasteiger partial charge is 0.340 e. The Hall–Kier alpha value is -0.0600. The summed E-state index contributed by atoms with van der Waals surface area (Å²) in [6.07, 6.45) is 0. The van der Waals surface area contributed by atoms with Crippen molar-refractivity contribution in [3.05, 3.63) is 26.2 Å². The predicted molar refractivity (Wildman–Crippen MR) is 79.7 cm³/mol. The first-order valence-corrected chi connectivity index (χ1v) is 7.49. The van der Waals surface area contributed by atoms with Crippen LogP contribution in [0.2, 0.25) is 15.1 Å². The van der Waals surface area contributed by atoms with Gasteiger partial charge in [0.2, 0.25) is 0 Å². The molecule has 1 N–H and O–H groups in total. The Balaban J connectivity index is 0.00000441. The van der Waals surface area contributed by atoms with Gasteiger partial charge in [0.15, 0.2) is 0 Å². The second-order valence-corrected chi connectivity index (χ2v) is 5.97. The van der Waals surface area contributed by atoms with E-state index in [1.165, 1.54) is 0 Å². The van der Waals surface area contributed by atoms with Crippen molar-refractivity contribution in [1.29, 1.82) is 0 Å². The molecule has 12 heteroatoms. The first kappa shape index (κ1) is 21.9. The zero-order chi connectivity index (χ0) is 16.5. The Morgan fingerprint density at radius 2 is 1.23 bits per heavy atom. The van der Waals surface area contributed by atoms with E-state index in [1.807, 2.05) is 0 Å². The minimum atomic E-state index is -4.95. The monoisotopic (exact) mass is 399 g/mol. The van der Waals surface area contributed by atoms with Crippen LogP contribution in [0.5, 0.6) is 0 Å². The van der Waals surface area contributed by atoms with Gasteiger partial charge < -0.3 is 9.47 Å². The number of hydrogen-bond acceptors (Lipinski definition) is 6. The summed E-state index contributed by atoms with van der Waals surface area (Å²) >= 11 is 17.3. The van der Waals surface area contributed by atoms with Crippen LogP contribution < -0.4 is 0 Å². The number of hydrogen-bond donors (Lipinski definition) is 1. The van der Waals surface area contributed by atoms with E-state index in [-0.39, 0.29) is 29.6 Å². The van der Waals surface area contributed by atoms with Crippen molar-refractivity contribution < 1.29 is 32.0 Å². The molecule has 0 aliphatic carbocycles. The van der Waals surface area contributed by atoms with Crippen LogP contribution in [0.3, 0.4) is 0 Å². The number of esters is 2. The number of halogens is 3. The Morgan fingerprint density at radius 3 is 1.45 bits per heavy atom. The zero-order valence-corrected chi connectivity index (χ0v) is 16.5. The standard InChI is InChI=1S/C10H7Cl3O7S.Na/c1-19-9(14)3-5(11)4(10(15)20-2)7(13)8(6(3)12)21(16,17)18;/h1-2H3,(H,16,17,18);. The predicted octanol–water partition coefficient (Wildman–Crippen LogP) is 2.09. The van der Waals surface area contributed by atoms with Crippen molar-refractivity contribution in [3.63, 3.8) is 0 Å². The maximum absolute atomic E-state index is 11.6. The number of ether oxygens (including phenoxy) is 2. The fourth-order valence-electron chi connectivity index (χ4n) is 1.43. The van der Waals surface area contributed by atoms with Gasteiger partial charge in [-0.05, 0) is 0 Å². The summed E-state index contributed by atoms with van der Waals surface area (Å²) in [5.41, 5.74) is -1.28. The average Bonchev–Trinajstić information content (AvgIpc) is 2.35. The van der Waals surface area contributed by atoms with Gasteiger partial charge >= 0.3 is 11.9 Å². The van der Waals surface area contributed by atoms with Gasteiger partial charge in [-0.2, -0.15) is 8.42 Å². The van der Waals surface area contributed by atoms with Crippen LogP contribution >= 0.6 is 34.8 Å². The summed E-state index contributed by atoms with van der Waals surface area (Å²) in [5, 5.41) is -2.10. The maximum Gasteiger partial charge on any atom is 0.340 e. The number of benzene rings is 1. The van der Waals surface area contributed by atoms with Gasteiger partial charge in [-0.3, -0.25) is 4.55 Å². The van der Waals surface area contributed by atoms with Gasteiger partial charge in [0.05, 0.1) is 40.4 Å². The van der Waals surface area contributed by atoms with Crippen LogP contribution in [0, 0.1) is 0 Å². The molecule has 7 nitrogen and oxygen atoms in total. The third-order valence-electron chi connectivity index (χ3n) is 2.31. The van der Waals surface area contributed by atoms with E-state index in [4.69, 9.17) is 39.4 Å². The molecule has 1 rings (SSSR count). The van der Waals surface area contributed by atoms with E-state index in [0.717, 1.165) is 14.2 Å². The molecule has 0 amide bonds. The normalized spacial score (nSPS) is 10.6. The zero-order valence-electron chi connectivity index (χ0n) is 11.4. The molecule has 0 atom stereocenters. The van der Waals surface area contributed by atoms with E-state index in [1.54, 1.807) is 0 Å². The minimum Gasteiger partial charge on any atom is -0.465 e. The van der Waals surface area contributed by atoms with E-state index in [2.05, 4.69) is 9.47 Å². The summed E-state index contributed by atoms with van der Waals surface area (Å²) in [5.74, 6) is -2.26. The Morgan fingerprint density at radius 1 is 0.909 bits per heavy atom. The van der Waals surface area contributed by atoms with E-state index < -0.39 is 53.1 Å². The molecule has 117 valence electrons. The third kappa shape index (κ3) is 4.07. The second kappa shape index (κ2) is 8.16. The number of carbonyl (C=O) groups is 2. The Kier molecular flexibility index (Phi) is 8.14. The van der Waals surface area contributed by atoms with E-state index in [9.17, 15) is 18.0 Å². The molecule has 0 saturated heterocycles. The number of carbonyl (C=O) groups excluding carboxylic acids is 2. The van der Waals surface area contributed by atoms with Crippen molar-refractivity contribution in [2.45, 2.75) is 4.90 Å².